The van der Waals surface area contributed by atoms with E-state index in [1.165, 1.54) is 11.3 Å². The minimum atomic E-state index is 0.814. The van der Waals surface area contributed by atoms with Crippen LogP contribution in [-0.4, -0.2) is 16.5 Å². The van der Waals surface area contributed by atoms with Crippen LogP contribution in [0.15, 0.2) is 14.3 Å². The number of anilines is 1. The van der Waals surface area contributed by atoms with Crippen molar-refractivity contribution < 1.29 is 0 Å². The predicted molar refractivity (Wildman–Crippen MR) is 89.9 cm³/mol. The maximum Gasteiger partial charge on any atom is 0.171 e. The fraction of sp³-hybridized carbons (Fsp3) is 0.333. The highest BCUT2D eigenvalue weighted by Gasteiger charge is 2.21. The van der Waals surface area contributed by atoms with Gasteiger partial charge in [0.2, 0.25) is 0 Å². The van der Waals surface area contributed by atoms with Gasteiger partial charge in [0, 0.05) is 28.1 Å². The Balaban J connectivity index is 2.09. The van der Waals surface area contributed by atoms with E-state index in [2.05, 4.69) is 50.2 Å². The summed E-state index contributed by atoms with van der Waals surface area (Å²) in [5.41, 5.74) is 2.44. The summed E-state index contributed by atoms with van der Waals surface area (Å²) in [6.45, 7) is 2.97. The molecule has 0 bridgehead atoms. The molecule has 0 unspecified atom stereocenters. The Labute approximate surface area is 136 Å². The Kier molecular flexibility index (Phi) is 4.17. The molecule has 0 fully saturated rings. The van der Waals surface area contributed by atoms with Crippen molar-refractivity contribution in [3.05, 3.63) is 25.6 Å². The zero-order valence-corrected chi connectivity index (χ0v) is 15.0. The molecule has 0 radical (unpaired) electrons. The van der Waals surface area contributed by atoms with Crippen LogP contribution in [0, 0.1) is 0 Å². The second-order valence-electron chi connectivity index (χ2n) is 4.08. The summed E-state index contributed by atoms with van der Waals surface area (Å²) in [4.78, 5) is 10.5. The third kappa shape index (κ3) is 2.70. The summed E-state index contributed by atoms with van der Waals surface area (Å²) in [5.74, 6) is 3.80. The average Bonchev–Trinajstić information content (AvgIpc) is 2.97. The number of nitrogens with one attached hydrogen (secondary N) is 1. The lowest BCUT2D eigenvalue weighted by Crippen LogP contribution is -2.06. The van der Waals surface area contributed by atoms with E-state index in [0.29, 0.717) is 0 Å². The highest BCUT2D eigenvalue weighted by atomic mass is 79.9. The molecule has 19 heavy (non-hydrogen) atoms. The lowest BCUT2D eigenvalue weighted by atomic mass is 10.2. The standard InChI is InChI=1S/C12H11Br2N3S2/c1-2-15-11-6-4-18-5-8(6)16-12(17-11)9-3-7(13)10(14)19-9/h3H,2,4-5H2,1H3,(H,15,16,17). The third-order valence-electron chi connectivity index (χ3n) is 2.79. The molecule has 0 aliphatic carbocycles. The summed E-state index contributed by atoms with van der Waals surface area (Å²) in [7, 11) is 0. The van der Waals surface area contributed by atoms with Crippen LogP contribution in [-0.2, 0) is 11.5 Å². The van der Waals surface area contributed by atoms with E-state index in [-0.39, 0.29) is 0 Å². The van der Waals surface area contributed by atoms with E-state index in [4.69, 9.17) is 9.97 Å². The number of rotatable bonds is 3. The molecule has 7 heteroatoms. The van der Waals surface area contributed by atoms with Gasteiger partial charge in [0.05, 0.1) is 14.4 Å². The molecule has 100 valence electrons. The summed E-state index contributed by atoms with van der Waals surface area (Å²) < 4.78 is 2.13. The summed E-state index contributed by atoms with van der Waals surface area (Å²) >= 11 is 10.6. The summed E-state index contributed by atoms with van der Waals surface area (Å²) in [6.07, 6.45) is 0. The molecule has 1 aliphatic heterocycles. The molecule has 3 nitrogen and oxygen atoms in total. The molecule has 1 aliphatic rings. The first kappa shape index (κ1) is 13.9. The van der Waals surface area contributed by atoms with Gasteiger partial charge >= 0.3 is 0 Å². The molecular weight excluding hydrogens is 410 g/mol. The van der Waals surface area contributed by atoms with Gasteiger partial charge in [-0.3, -0.25) is 0 Å². The quantitative estimate of drug-likeness (QED) is 0.765. The van der Waals surface area contributed by atoms with Gasteiger partial charge in [0.25, 0.3) is 0 Å². The van der Waals surface area contributed by atoms with E-state index in [1.54, 1.807) is 11.3 Å². The number of hydrogen-bond donors (Lipinski definition) is 1. The van der Waals surface area contributed by atoms with Gasteiger partial charge < -0.3 is 5.32 Å². The minimum absolute atomic E-state index is 0.814. The first-order chi connectivity index (χ1) is 9.19. The van der Waals surface area contributed by atoms with Crippen molar-refractivity contribution in [1.82, 2.24) is 9.97 Å². The number of thioether (sulfide) groups is 1. The van der Waals surface area contributed by atoms with Crippen LogP contribution < -0.4 is 5.32 Å². The Morgan fingerprint density at radius 2 is 2.16 bits per heavy atom. The third-order valence-corrected chi connectivity index (χ3v) is 7.01. The fourth-order valence-corrected chi connectivity index (χ4v) is 4.94. The Bertz CT molecular complexity index is 608. The summed E-state index contributed by atoms with van der Waals surface area (Å²) in [5, 5.41) is 3.36. The largest absolute Gasteiger partial charge is 0.370 e. The molecule has 3 rings (SSSR count). The van der Waals surface area contributed by atoms with Gasteiger partial charge in [-0.25, -0.2) is 9.97 Å². The van der Waals surface area contributed by atoms with Gasteiger partial charge in [-0.05, 0) is 44.8 Å². The van der Waals surface area contributed by atoms with Crippen molar-refractivity contribution in [3.8, 4) is 10.7 Å². The molecule has 0 saturated carbocycles. The second-order valence-corrected chi connectivity index (χ2v) is 8.29. The van der Waals surface area contributed by atoms with Gasteiger partial charge in [0.15, 0.2) is 5.82 Å². The number of aromatic nitrogens is 2. The highest BCUT2D eigenvalue weighted by molar-refractivity contribution is 9.13. The number of halogens is 2. The van der Waals surface area contributed by atoms with Crippen LogP contribution in [0.25, 0.3) is 10.7 Å². The van der Waals surface area contributed by atoms with Crippen LogP contribution in [0.3, 0.4) is 0 Å². The summed E-state index contributed by atoms with van der Waals surface area (Å²) in [6, 6.07) is 2.06. The molecule has 0 atom stereocenters. The van der Waals surface area contributed by atoms with Crippen molar-refractivity contribution in [1.29, 1.82) is 0 Å². The number of hydrogen-bond acceptors (Lipinski definition) is 5. The maximum atomic E-state index is 4.72. The first-order valence-electron chi connectivity index (χ1n) is 5.85. The molecule has 3 heterocycles. The maximum absolute atomic E-state index is 4.72. The number of fused-ring (bicyclic) bond motifs is 1. The molecule has 0 amide bonds. The normalized spacial score (nSPS) is 13.6. The average molecular weight is 421 g/mol. The van der Waals surface area contributed by atoms with Crippen molar-refractivity contribution in [3.63, 3.8) is 0 Å². The van der Waals surface area contributed by atoms with E-state index in [1.807, 2.05) is 11.8 Å². The van der Waals surface area contributed by atoms with E-state index in [9.17, 15) is 0 Å². The smallest absolute Gasteiger partial charge is 0.171 e. The highest BCUT2D eigenvalue weighted by Crippen LogP contribution is 2.39. The Morgan fingerprint density at radius 3 is 2.84 bits per heavy atom. The van der Waals surface area contributed by atoms with E-state index < -0.39 is 0 Å². The molecular formula is C12H11Br2N3S2. The molecule has 1 N–H and O–H groups in total. The Hall–Kier alpha value is -0.110. The SMILES string of the molecule is CCNc1nc(-c2cc(Br)c(Br)s2)nc2c1CSC2. The van der Waals surface area contributed by atoms with Gasteiger partial charge in [-0.2, -0.15) is 11.8 Å². The van der Waals surface area contributed by atoms with Crippen molar-refractivity contribution in [2.24, 2.45) is 0 Å². The van der Waals surface area contributed by atoms with Crippen LogP contribution >= 0.6 is 55.0 Å². The topological polar surface area (TPSA) is 37.8 Å². The Morgan fingerprint density at radius 1 is 1.32 bits per heavy atom. The number of thiophene rings is 1. The van der Waals surface area contributed by atoms with Gasteiger partial charge in [0.1, 0.15) is 5.82 Å². The van der Waals surface area contributed by atoms with Gasteiger partial charge in [-0.15, -0.1) is 11.3 Å². The van der Waals surface area contributed by atoms with Crippen LogP contribution in [0.4, 0.5) is 5.82 Å². The van der Waals surface area contributed by atoms with E-state index >= 15 is 0 Å². The fourth-order valence-electron chi connectivity index (χ4n) is 1.93. The van der Waals surface area contributed by atoms with Gasteiger partial charge in [-0.1, -0.05) is 0 Å². The lowest BCUT2D eigenvalue weighted by Gasteiger charge is -2.09. The molecule has 0 saturated heterocycles. The van der Waals surface area contributed by atoms with Crippen LogP contribution in [0.1, 0.15) is 18.2 Å². The lowest BCUT2D eigenvalue weighted by molar-refractivity contribution is 1.05. The molecule has 0 spiro atoms. The van der Waals surface area contributed by atoms with E-state index in [0.717, 1.165) is 42.8 Å². The molecule has 2 aromatic rings. The second kappa shape index (κ2) is 5.71. The minimum Gasteiger partial charge on any atom is -0.370 e. The first-order valence-corrected chi connectivity index (χ1v) is 9.41. The number of nitrogens with zero attached hydrogens (tertiary/aromatic N) is 2. The monoisotopic (exact) mass is 419 g/mol. The molecule has 0 aromatic carbocycles. The van der Waals surface area contributed by atoms with Crippen molar-refractivity contribution in [2.45, 2.75) is 18.4 Å². The molecule has 2 aromatic heterocycles. The van der Waals surface area contributed by atoms with Crippen molar-refractivity contribution in [2.75, 3.05) is 11.9 Å². The zero-order chi connectivity index (χ0) is 13.4. The van der Waals surface area contributed by atoms with Crippen LogP contribution in [0.2, 0.25) is 0 Å². The van der Waals surface area contributed by atoms with Crippen molar-refractivity contribution >= 4 is 60.8 Å². The zero-order valence-electron chi connectivity index (χ0n) is 10.2. The van der Waals surface area contributed by atoms with Crippen LogP contribution in [0.5, 0.6) is 0 Å². The predicted octanol–water partition coefficient (Wildman–Crippen LogP) is 4.91.